The number of thioether (sulfide) groups is 1. The number of carbonyl (C=O) groups is 1. The molecule has 0 saturated heterocycles. The van der Waals surface area contributed by atoms with E-state index in [9.17, 15) is 13.2 Å². The summed E-state index contributed by atoms with van der Waals surface area (Å²) in [5, 5.41) is 3.10. The second-order valence-electron chi connectivity index (χ2n) is 5.90. The minimum Gasteiger partial charge on any atom is -0.348 e. The maximum atomic E-state index is 12.7. The SMILES string of the molecule is CSc1ccc(C(C)NC(=O)CN(C)S(=O)(=O)c2cc(Cl)ccc2Cl)cc1. The summed E-state index contributed by atoms with van der Waals surface area (Å²) in [5.74, 6) is -0.416. The number of sulfonamides is 1. The standard InChI is InChI=1S/C18H20Cl2N2O3S2/c1-12(13-4-7-15(26-3)8-5-13)21-18(23)11-22(2)27(24,25)17-10-14(19)6-9-16(17)20/h4-10,12H,11H2,1-3H3,(H,21,23). The van der Waals surface area contributed by atoms with Gasteiger partial charge in [0.2, 0.25) is 15.9 Å². The van der Waals surface area contributed by atoms with Gasteiger partial charge in [-0.1, -0.05) is 35.3 Å². The summed E-state index contributed by atoms with van der Waals surface area (Å²) in [6.07, 6.45) is 1.99. The van der Waals surface area contributed by atoms with Crippen molar-refractivity contribution in [2.24, 2.45) is 0 Å². The van der Waals surface area contributed by atoms with E-state index in [1.165, 1.54) is 25.2 Å². The fraction of sp³-hybridized carbons (Fsp3) is 0.278. The highest BCUT2D eigenvalue weighted by Gasteiger charge is 2.26. The largest absolute Gasteiger partial charge is 0.348 e. The lowest BCUT2D eigenvalue weighted by molar-refractivity contribution is -0.121. The first-order valence-electron chi connectivity index (χ1n) is 8.00. The van der Waals surface area contributed by atoms with E-state index >= 15 is 0 Å². The van der Waals surface area contributed by atoms with Crippen LogP contribution in [0.15, 0.2) is 52.3 Å². The summed E-state index contributed by atoms with van der Waals surface area (Å²) in [4.78, 5) is 13.3. The van der Waals surface area contributed by atoms with E-state index in [4.69, 9.17) is 23.2 Å². The lowest BCUT2D eigenvalue weighted by Gasteiger charge is -2.20. The maximum Gasteiger partial charge on any atom is 0.244 e. The molecule has 2 aromatic carbocycles. The Balaban J connectivity index is 2.06. The number of benzene rings is 2. The average Bonchev–Trinajstić information content (AvgIpc) is 2.63. The molecule has 0 heterocycles. The van der Waals surface area contributed by atoms with E-state index in [-0.39, 0.29) is 27.5 Å². The van der Waals surface area contributed by atoms with Crippen molar-refractivity contribution in [3.8, 4) is 0 Å². The van der Waals surface area contributed by atoms with E-state index in [0.717, 1.165) is 14.8 Å². The van der Waals surface area contributed by atoms with Crippen LogP contribution in [0.1, 0.15) is 18.5 Å². The summed E-state index contributed by atoms with van der Waals surface area (Å²) in [5.41, 5.74) is 0.935. The first-order chi connectivity index (χ1) is 12.6. The molecule has 0 saturated carbocycles. The summed E-state index contributed by atoms with van der Waals surface area (Å²) < 4.78 is 26.3. The van der Waals surface area contributed by atoms with Crippen LogP contribution in [0, 0.1) is 0 Å². The second-order valence-corrected chi connectivity index (χ2v) is 9.63. The number of likely N-dealkylation sites (N-methyl/N-ethyl adjacent to an activating group) is 1. The van der Waals surface area contributed by atoms with Crippen molar-refractivity contribution in [2.75, 3.05) is 19.8 Å². The third kappa shape index (κ3) is 5.62. The molecular weight excluding hydrogens is 427 g/mol. The fourth-order valence-electron chi connectivity index (χ4n) is 2.39. The van der Waals surface area contributed by atoms with E-state index in [0.29, 0.717) is 0 Å². The molecule has 146 valence electrons. The quantitative estimate of drug-likeness (QED) is 0.646. The van der Waals surface area contributed by atoms with Crippen LogP contribution in [0.2, 0.25) is 10.0 Å². The highest BCUT2D eigenvalue weighted by molar-refractivity contribution is 7.98. The van der Waals surface area contributed by atoms with Crippen molar-refractivity contribution in [2.45, 2.75) is 22.8 Å². The molecule has 1 amide bonds. The Labute approximate surface area is 174 Å². The van der Waals surface area contributed by atoms with Gasteiger partial charge in [-0.15, -0.1) is 11.8 Å². The predicted molar refractivity (Wildman–Crippen MR) is 111 cm³/mol. The Kier molecular flexibility index (Phi) is 7.59. The van der Waals surface area contributed by atoms with Gasteiger partial charge in [-0.3, -0.25) is 4.79 Å². The molecule has 0 aromatic heterocycles. The Hall–Kier alpha value is -1.25. The van der Waals surface area contributed by atoms with Gasteiger partial charge in [0.05, 0.1) is 17.6 Å². The van der Waals surface area contributed by atoms with Crippen LogP contribution in [-0.4, -0.2) is 38.5 Å². The number of hydrogen-bond donors (Lipinski definition) is 1. The van der Waals surface area contributed by atoms with E-state index in [1.54, 1.807) is 11.8 Å². The van der Waals surface area contributed by atoms with Gasteiger partial charge in [-0.05, 0) is 49.1 Å². The molecule has 0 spiro atoms. The van der Waals surface area contributed by atoms with E-state index < -0.39 is 15.9 Å². The number of rotatable bonds is 7. The molecule has 1 atom stereocenters. The molecule has 0 fully saturated rings. The third-order valence-corrected chi connectivity index (χ3v) is 7.20. The van der Waals surface area contributed by atoms with E-state index in [2.05, 4.69) is 5.32 Å². The highest BCUT2D eigenvalue weighted by Crippen LogP contribution is 2.27. The van der Waals surface area contributed by atoms with Gasteiger partial charge >= 0.3 is 0 Å². The van der Waals surface area contributed by atoms with Crippen molar-refractivity contribution < 1.29 is 13.2 Å². The van der Waals surface area contributed by atoms with Crippen molar-refractivity contribution in [1.29, 1.82) is 0 Å². The predicted octanol–water partition coefficient (Wildman–Crippen LogP) is 4.21. The van der Waals surface area contributed by atoms with Crippen LogP contribution in [0.4, 0.5) is 0 Å². The highest BCUT2D eigenvalue weighted by atomic mass is 35.5. The lowest BCUT2D eigenvalue weighted by Crippen LogP contribution is -2.39. The Morgan fingerprint density at radius 3 is 2.41 bits per heavy atom. The van der Waals surface area contributed by atoms with Gasteiger partial charge in [0.25, 0.3) is 0 Å². The summed E-state index contributed by atoms with van der Waals surface area (Å²) in [7, 11) is -2.62. The number of carbonyl (C=O) groups excluding carboxylic acids is 1. The van der Waals surface area contributed by atoms with Crippen LogP contribution in [0.3, 0.4) is 0 Å². The van der Waals surface area contributed by atoms with Crippen molar-refractivity contribution in [3.63, 3.8) is 0 Å². The zero-order valence-corrected chi connectivity index (χ0v) is 18.2. The minimum absolute atomic E-state index is 0.0499. The number of nitrogens with one attached hydrogen (secondary N) is 1. The Morgan fingerprint density at radius 1 is 1.19 bits per heavy atom. The summed E-state index contributed by atoms with van der Waals surface area (Å²) in [6.45, 7) is 1.51. The number of amides is 1. The van der Waals surface area contributed by atoms with Gasteiger partial charge in [0.1, 0.15) is 4.90 Å². The van der Waals surface area contributed by atoms with Crippen molar-refractivity contribution >= 4 is 50.9 Å². The molecule has 27 heavy (non-hydrogen) atoms. The molecule has 2 aromatic rings. The first kappa shape index (κ1) is 22.0. The first-order valence-corrected chi connectivity index (χ1v) is 11.4. The summed E-state index contributed by atoms with van der Waals surface area (Å²) >= 11 is 13.5. The number of hydrogen-bond acceptors (Lipinski definition) is 4. The Bertz CT molecular complexity index is 919. The number of nitrogens with zero attached hydrogens (tertiary/aromatic N) is 1. The minimum atomic E-state index is -3.94. The molecule has 2 rings (SSSR count). The van der Waals surface area contributed by atoms with Gasteiger partial charge in [-0.25, -0.2) is 8.42 Å². The molecule has 0 aliphatic carbocycles. The monoisotopic (exact) mass is 446 g/mol. The topological polar surface area (TPSA) is 66.5 Å². The molecule has 0 radical (unpaired) electrons. The van der Waals surface area contributed by atoms with Crippen LogP contribution in [0.5, 0.6) is 0 Å². The zero-order chi connectivity index (χ0) is 20.2. The normalized spacial score (nSPS) is 12.8. The molecule has 1 unspecified atom stereocenters. The van der Waals surface area contributed by atoms with Crippen LogP contribution in [-0.2, 0) is 14.8 Å². The molecular formula is C18H20Cl2N2O3S2. The van der Waals surface area contributed by atoms with Gasteiger partial charge in [0, 0.05) is 17.0 Å². The smallest absolute Gasteiger partial charge is 0.244 e. The second kappa shape index (κ2) is 9.30. The molecule has 1 N–H and O–H groups in total. The summed E-state index contributed by atoms with van der Waals surface area (Å²) in [6, 6.07) is 11.7. The molecule has 0 aliphatic heterocycles. The lowest BCUT2D eigenvalue weighted by atomic mass is 10.1. The maximum absolute atomic E-state index is 12.7. The molecule has 9 heteroatoms. The molecule has 0 aliphatic rings. The third-order valence-electron chi connectivity index (χ3n) is 3.94. The molecule has 5 nitrogen and oxygen atoms in total. The van der Waals surface area contributed by atoms with Crippen molar-refractivity contribution in [1.82, 2.24) is 9.62 Å². The zero-order valence-electron chi connectivity index (χ0n) is 15.1. The van der Waals surface area contributed by atoms with Crippen LogP contribution >= 0.6 is 35.0 Å². The van der Waals surface area contributed by atoms with Crippen molar-refractivity contribution in [3.05, 3.63) is 58.1 Å². The van der Waals surface area contributed by atoms with Gasteiger partial charge < -0.3 is 5.32 Å². The fourth-order valence-corrected chi connectivity index (χ4v) is 4.66. The molecule has 0 bridgehead atoms. The average molecular weight is 447 g/mol. The number of halogens is 2. The van der Waals surface area contributed by atoms with Crippen LogP contribution in [0.25, 0.3) is 0 Å². The van der Waals surface area contributed by atoms with Crippen LogP contribution < -0.4 is 5.32 Å². The van der Waals surface area contributed by atoms with Gasteiger partial charge in [-0.2, -0.15) is 4.31 Å². The Morgan fingerprint density at radius 2 is 1.81 bits per heavy atom. The van der Waals surface area contributed by atoms with E-state index in [1.807, 2.05) is 37.4 Å². The van der Waals surface area contributed by atoms with Gasteiger partial charge in [0.15, 0.2) is 0 Å².